The molecule has 0 heterocycles. The molecule has 3 nitrogen and oxygen atoms in total. The summed E-state index contributed by atoms with van der Waals surface area (Å²) in [5.74, 6) is 0.0873. The highest BCUT2D eigenvalue weighted by molar-refractivity contribution is 6.31. The molecule has 0 spiro atoms. The van der Waals surface area contributed by atoms with Gasteiger partial charge in [0, 0.05) is 28.9 Å². The standard InChI is InChI=1S/C13H18ClN3/c1-2-7-17(10-4-5-10)12-6-3-9(14)8-11(12)13(15)16/h3,6,8,10H,2,4-5,7H2,1H3,(H3,15,16). The summed E-state index contributed by atoms with van der Waals surface area (Å²) in [5.41, 5.74) is 7.43. The lowest BCUT2D eigenvalue weighted by molar-refractivity contribution is 0.762. The summed E-state index contributed by atoms with van der Waals surface area (Å²) in [4.78, 5) is 2.35. The molecule has 0 saturated heterocycles. The number of nitrogens with one attached hydrogen (secondary N) is 1. The van der Waals surface area contributed by atoms with Gasteiger partial charge in [-0.05, 0) is 37.5 Å². The van der Waals surface area contributed by atoms with Gasteiger partial charge in [0.1, 0.15) is 5.84 Å². The number of nitrogen functional groups attached to an aromatic ring is 1. The van der Waals surface area contributed by atoms with E-state index >= 15 is 0 Å². The Balaban J connectivity index is 2.37. The molecular formula is C13H18ClN3. The largest absolute Gasteiger partial charge is 0.384 e. The molecule has 0 aliphatic heterocycles. The van der Waals surface area contributed by atoms with E-state index in [1.165, 1.54) is 12.8 Å². The number of rotatable bonds is 5. The summed E-state index contributed by atoms with van der Waals surface area (Å²) < 4.78 is 0. The molecule has 1 aliphatic rings. The van der Waals surface area contributed by atoms with Crippen molar-refractivity contribution in [2.75, 3.05) is 11.4 Å². The lowest BCUT2D eigenvalue weighted by Gasteiger charge is -2.26. The van der Waals surface area contributed by atoms with Crippen LogP contribution in [-0.4, -0.2) is 18.4 Å². The molecule has 17 heavy (non-hydrogen) atoms. The van der Waals surface area contributed by atoms with Crippen molar-refractivity contribution >= 4 is 23.1 Å². The molecule has 0 bridgehead atoms. The number of hydrogen-bond acceptors (Lipinski definition) is 2. The average Bonchev–Trinajstić information content (AvgIpc) is 3.10. The van der Waals surface area contributed by atoms with Gasteiger partial charge in [-0.25, -0.2) is 0 Å². The molecule has 0 unspecified atom stereocenters. The number of halogens is 1. The van der Waals surface area contributed by atoms with Crippen LogP contribution in [0.4, 0.5) is 5.69 Å². The molecular weight excluding hydrogens is 234 g/mol. The third-order valence-electron chi connectivity index (χ3n) is 3.01. The molecule has 1 aliphatic carbocycles. The summed E-state index contributed by atoms with van der Waals surface area (Å²) >= 11 is 5.97. The topological polar surface area (TPSA) is 53.1 Å². The minimum Gasteiger partial charge on any atom is -0.384 e. The van der Waals surface area contributed by atoms with Crippen molar-refractivity contribution in [3.63, 3.8) is 0 Å². The molecule has 0 radical (unpaired) electrons. The molecule has 3 N–H and O–H groups in total. The molecule has 0 aromatic heterocycles. The Morgan fingerprint density at radius 3 is 2.76 bits per heavy atom. The van der Waals surface area contributed by atoms with Crippen molar-refractivity contribution < 1.29 is 0 Å². The van der Waals surface area contributed by atoms with E-state index in [1.54, 1.807) is 6.07 Å². The van der Waals surface area contributed by atoms with Gasteiger partial charge in [-0.1, -0.05) is 18.5 Å². The smallest absolute Gasteiger partial charge is 0.124 e. The van der Waals surface area contributed by atoms with E-state index in [2.05, 4.69) is 11.8 Å². The van der Waals surface area contributed by atoms with E-state index < -0.39 is 0 Å². The van der Waals surface area contributed by atoms with Crippen LogP contribution in [0.2, 0.25) is 5.02 Å². The Bertz CT molecular complexity index is 427. The average molecular weight is 252 g/mol. The van der Waals surface area contributed by atoms with Crippen molar-refractivity contribution in [2.45, 2.75) is 32.2 Å². The maximum absolute atomic E-state index is 7.65. The van der Waals surface area contributed by atoms with Crippen LogP contribution in [0.1, 0.15) is 31.7 Å². The zero-order chi connectivity index (χ0) is 12.4. The first-order chi connectivity index (χ1) is 8.13. The summed E-state index contributed by atoms with van der Waals surface area (Å²) in [7, 11) is 0. The molecule has 1 saturated carbocycles. The third kappa shape index (κ3) is 2.72. The lowest BCUT2D eigenvalue weighted by Crippen LogP contribution is -2.29. The van der Waals surface area contributed by atoms with Gasteiger partial charge >= 0.3 is 0 Å². The Labute approximate surface area is 107 Å². The fourth-order valence-electron chi connectivity index (χ4n) is 2.10. The van der Waals surface area contributed by atoms with Gasteiger partial charge in [0.2, 0.25) is 0 Å². The fourth-order valence-corrected chi connectivity index (χ4v) is 2.27. The van der Waals surface area contributed by atoms with Crippen LogP contribution in [0.25, 0.3) is 0 Å². The minimum atomic E-state index is 0.0873. The van der Waals surface area contributed by atoms with Crippen LogP contribution in [0, 0.1) is 5.41 Å². The molecule has 1 fully saturated rings. The van der Waals surface area contributed by atoms with E-state index in [0.717, 1.165) is 24.2 Å². The van der Waals surface area contributed by atoms with E-state index in [1.807, 2.05) is 12.1 Å². The van der Waals surface area contributed by atoms with Gasteiger partial charge in [-0.15, -0.1) is 0 Å². The lowest BCUT2D eigenvalue weighted by atomic mass is 10.1. The van der Waals surface area contributed by atoms with Crippen LogP contribution in [-0.2, 0) is 0 Å². The van der Waals surface area contributed by atoms with Crippen molar-refractivity contribution in [3.8, 4) is 0 Å². The van der Waals surface area contributed by atoms with E-state index in [4.69, 9.17) is 22.7 Å². The number of amidine groups is 1. The van der Waals surface area contributed by atoms with Crippen molar-refractivity contribution in [1.29, 1.82) is 5.41 Å². The quantitative estimate of drug-likeness (QED) is 0.624. The number of anilines is 1. The SMILES string of the molecule is CCCN(c1ccc(Cl)cc1C(=N)N)C1CC1. The normalized spacial score (nSPS) is 14.7. The zero-order valence-electron chi connectivity index (χ0n) is 10.0. The molecule has 92 valence electrons. The molecule has 0 atom stereocenters. The summed E-state index contributed by atoms with van der Waals surface area (Å²) in [6.07, 6.45) is 3.57. The number of benzene rings is 1. The van der Waals surface area contributed by atoms with E-state index in [0.29, 0.717) is 11.1 Å². The number of hydrogen-bond donors (Lipinski definition) is 2. The highest BCUT2D eigenvalue weighted by atomic mass is 35.5. The molecule has 0 amide bonds. The predicted molar refractivity (Wildman–Crippen MR) is 73.1 cm³/mol. The molecule has 1 aromatic carbocycles. The van der Waals surface area contributed by atoms with Gasteiger partial charge in [0.25, 0.3) is 0 Å². The van der Waals surface area contributed by atoms with Crippen LogP contribution < -0.4 is 10.6 Å². The third-order valence-corrected chi connectivity index (χ3v) is 3.25. The van der Waals surface area contributed by atoms with Crippen LogP contribution in [0.3, 0.4) is 0 Å². The molecule has 1 aromatic rings. The second-order valence-electron chi connectivity index (χ2n) is 4.50. The maximum atomic E-state index is 7.65. The first-order valence-electron chi connectivity index (χ1n) is 6.04. The van der Waals surface area contributed by atoms with E-state index in [-0.39, 0.29) is 5.84 Å². The maximum Gasteiger partial charge on any atom is 0.124 e. The highest BCUT2D eigenvalue weighted by Crippen LogP contribution is 2.34. The second-order valence-corrected chi connectivity index (χ2v) is 4.94. The summed E-state index contributed by atoms with van der Waals surface area (Å²) in [6.45, 7) is 3.17. The van der Waals surface area contributed by atoms with Gasteiger partial charge in [0.05, 0.1) is 0 Å². The van der Waals surface area contributed by atoms with Crippen LogP contribution in [0.5, 0.6) is 0 Å². The summed E-state index contributed by atoms with van der Waals surface area (Å²) in [5, 5.41) is 8.28. The minimum absolute atomic E-state index is 0.0873. The van der Waals surface area contributed by atoms with E-state index in [9.17, 15) is 0 Å². The molecule has 2 rings (SSSR count). The Hall–Kier alpha value is -1.22. The van der Waals surface area contributed by atoms with Gasteiger partial charge < -0.3 is 10.6 Å². The van der Waals surface area contributed by atoms with Crippen molar-refractivity contribution in [2.24, 2.45) is 5.73 Å². The van der Waals surface area contributed by atoms with Gasteiger partial charge in [-0.2, -0.15) is 0 Å². The zero-order valence-corrected chi connectivity index (χ0v) is 10.8. The monoisotopic (exact) mass is 251 g/mol. The van der Waals surface area contributed by atoms with Gasteiger partial charge in [-0.3, -0.25) is 5.41 Å². The Morgan fingerprint density at radius 1 is 1.53 bits per heavy atom. The fraction of sp³-hybridized carbons (Fsp3) is 0.462. The molecule has 4 heteroatoms. The first-order valence-corrected chi connectivity index (χ1v) is 6.42. The van der Waals surface area contributed by atoms with Gasteiger partial charge in [0.15, 0.2) is 0 Å². The van der Waals surface area contributed by atoms with Crippen molar-refractivity contribution in [3.05, 3.63) is 28.8 Å². The summed E-state index contributed by atoms with van der Waals surface area (Å²) in [6, 6.07) is 6.25. The number of nitrogens with zero attached hydrogens (tertiary/aromatic N) is 1. The predicted octanol–water partition coefficient (Wildman–Crippen LogP) is 3.00. The van der Waals surface area contributed by atoms with Crippen molar-refractivity contribution in [1.82, 2.24) is 0 Å². The van der Waals surface area contributed by atoms with Crippen LogP contribution in [0.15, 0.2) is 18.2 Å². The Kier molecular flexibility index (Phi) is 3.57. The number of nitrogens with two attached hydrogens (primary N) is 1. The highest BCUT2D eigenvalue weighted by Gasteiger charge is 2.30. The Morgan fingerprint density at radius 2 is 2.24 bits per heavy atom. The second kappa shape index (κ2) is 4.96. The van der Waals surface area contributed by atoms with Crippen LogP contribution >= 0.6 is 11.6 Å². The first kappa shape index (κ1) is 12.2.